The van der Waals surface area contributed by atoms with Crippen LogP contribution in [-0.2, 0) is 19.1 Å². The van der Waals surface area contributed by atoms with Crippen molar-refractivity contribution in [3.05, 3.63) is 0 Å². The van der Waals surface area contributed by atoms with Crippen LogP contribution in [0.4, 0.5) is 0 Å². The minimum Gasteiger partial charge on any atom is -0.466 e. The molecule has 45 heavy (non-hydrogen) atoms. The highest BCUT2D eigenvalue weighted by molar-refractivity contribution is 5.70. The van der Waals surface area contributed by atoms with E-state index in [0.29, 0.717) is 25.9 Å². The fraction of sp³-hybridized carbons (Fsp3) is 0.951. The molecule has 0 unspecified atom stereocenters. The summed E-state index contributed by atoms with van der Waals surface area (Å²) in [6.45, 7) is 8.71. The topological polar surface area (TPSA) is 52.6 Å². The van der Waals surface area contributed by atoms with E-state index in [2.05, 4.69) is 13.8 Å². The van der Waals surface area contributed by atoms with Crippen LogP contribution >= 0.6 is 0 Å². The summed E-state index contributed by atoms with van der Waals surface area (Å²) in [4.78, 5) is 24.5. The highest BCUT2D eigenvalue weighted by Crippen LogP contribution is 2.19. The molecular weight excluding hydrogens is 556 g/mol. The summed E-state index contributed by atoms with van der Waals surface area (Å²) in [7, 11) is 0. The van der Waals surface area contributed by atoms with Gasteiger partial charge in [0.15, 0.2) is 0 Å². The first-order valence-electron chi connectivity index (χ1n) is 20.3. The summed E-state index contributed by atoms with van der Waals surface area (Å²) >= 11 is 0. The van der Waals surface area contributed by atoms with Crippen molar-refractivity contribution in [3.63, 3.8) is 0 Å². The van der Waals surface area contributed by atoms with Gasteiger partial charge in [0.1, 0.15) is 5.60 Å². The van der Waals surface area contributed by atoms with Gasteiger partial charge in [-0.05, 0) is 26.7 Å². The molecule has 0 spiro atoms. The molecule has 0 aliphatic rings. The van der Waals surface area contributed by atoms with Crippen LogP contribution in [0, 0.1) is 0 Å². The number of hydrogen-bond donors (Lipinski definition) is 0. The van der Waals surface area contributed by atoms with Gasteiger partial charge >= 0.3 is 11.9 Å². The van der Waals surface area contributed by atoms with E-state index in [4.69, 9.17) is 9.47 Å². The number of ether oxygens (including phenoxy) is 2. The van der Waals surface area contributed by atoms with Crippen LogP contribution in [0.15, 0.2) is 0 Å². The Labute approximate surface area is 282 Å². The molecule has 0 aromatic rings. The normalized spacial score (nSPS) is 11.6. The smallest absolute Gasteiger partial charge is 0.306 e. The Morgan fingerprint density at radius 2 is 0.667 bits per heavy atom. The average molecular weight is 637 g/mol. The monoisotopic (exact) mass is 637 g/mol. The lowest BCUT2D eigenvalue weighted by atomic mass is 10.0. The molecule has 0 atom stereocenters. The second-order valence-electron chi connectivity index (χ2n) is 14.6. The first-order valence-corrected chi connectivity index (χ1v) is 20.3. The quantitative estimate of drug-likeness (QED) is 0.0507. The van der Waals surface area contributed by atoms with Crippen LogP contribution in [0.1, 0.15) is 240 Å². The second kappa shape index (κ2) is 34.3. The average Bonchev–Trinajstić information content (AvgIpc) is 3.00. The largest absolute Gasteiger partial charge is 0.466 e. The van der Waals surface area contributed by atoms with E-state index in [1.54, 1.807) is 0 Å². The van der Waals surface area contributed by atoms with Gasteiger partial charge in [0, 0.05) is 19.3 Å². The number of rotatable bonds is 36. The van der Waals surface area contributed by atoms with Gasteiger partial charge in [0.25, 0.3) is 0 Å². The van der Waals surface area contributed by atoms with E-state index in [0.717, 1.165) is 25.7 Å². The molecule has 0 fully saturated rings. The first kappa shape index (κ1) is 43.9. The van der Waals surface area contributed by atoms with Gasteiger partial charge < -0.3 is 9.47 Å². The third-order valence-electron chi connectivity index (χ3n) is 9.33. The van der Waals surface area contributed by atoms with Crippen LogP contribution in [0.2, 0.25) is 0 Å². The summed E-state index contributed by atoms with van der Waals surface area (Å²) in [5, 5.41) is 0. The summed E-state index contributed by atoms with van der Waals surface area (Å²) in [6, 6.07) is 0. The number of esters is 2. The Hall–Kier alpha value is -1.06. The van der Waals surface area contributed by atoms with Crippen LogP contribution in [-0.4, -0.2) is 24.1 Å². The standard InChI is InChI=1S/C41H80O4/c1-5-7-9-11-13-15-17-19-21-23-25-27-29-31-33-35-39(42)44-38-37-41(3,4)45-40(43)36-34-32-30-28-26-24-22-20-18-16-14-12-10-8-6-2/h5-38H2,1-4H3. The number of unbranched alkanes of at least 4 members (excludes halogenated alkanes) is 28. The van der Waals surface area contributed by atoms with Crippen molar-refractivity contribution in [2.24, 2.45) is 0 Å². The molecule has 4 nitrogen and oxygen atoms in total. The predicted octanol–water partition coefficient (Wildman–Crippen LogP) is 13.8. The number of carbonyl (C=O) groups is 2. The summed E-state index contributed by atoms with van der Waals surface area (Å²) in [5.74, 6) is -0.247. The Morgan fingerprint density at radius 3 is 0.978 bits per heavy atom. The number of hydrogen-bond acceptors (Lipinski definition) is 4. The maximum Gasteiger partial charge on any atom is 0.306 e. The molecule has 0 rings (SSSR count). The van der Waals surface area contributed by atoms with Crippen LogP contribution in [0.3, 0.4) is 0 Å². The van der Waals surface area contributed by atoms with Crippen molar-refractivity contribution >= 4 is 11.9 Å². The number of carbonyl (C=O) groups excluding carboxylic acids is 2. The van der Waals surface area contributed by atoms with E-state index in [-0.39, 0.29) is 11.9 Å². The molecule has 0 amide bonds. The van der Waals surface area contributed by atoms with Crippen molar-refractivity contribution in [2.75, 3.05) is 6.61 Å². The zero-order valence-electron chi connectivity index (χ0n) is 31.2. The highest BCUT2D eigenvalue weighted by Gasteiger charge is 2.23. The van der Waals surface area contributed by atoms with Crippen LogP contribution < -0.4 is 0 Å². The van der Waals surface area contributed by atoms with Crippen molar-refractivity contribution in [3.8, 4) is 0 Å². The highest BCUT2D eigenvalue weighted by atomic mass is 16.6. The van der Waals surface area contributed by atoms with Crippen LogP contribution in [0.25, 0.3) is 0 Å². The minimum absolute atomic E-state index is 0.121. The molecule has 0 aliphatic carbocycles. The third-order valence-corrected chi connectivity index (χ3v) is 9.33. The maximum atomic E-state index is 12.3. The zero-order chi connectivity index (χ0) is 33.1. The molecule has 0 aliphatic heterocycles. The molecule has 0 saturated carbocycles. The van der Waals surface area contributed by atoms with E-state index >= 15 is 0 Å². The Balaban J connectivity index is 3.50. The maximum absolute atomic E-state index is 12.3. The lowest BCUT2D eigenvalue weighted by molar-refractivity contribution is -0.159. The van der Waals surface area contributed by atoms with Crippen molar-refractivity contribution in [1.29, 1.82) is 0 Å². The summed E-state index contributed by atoms with van der Waals surface area (Å²) in [5.41, 5.74) is -0.596. The minimum atomic E-state index is -0.596. The van der Waals surface area contributed by atoms with E-state index in [9.17, 15) is 9.59 Å². The lowest BCUT2D eigenvalue weighted by Crippen LogP contribution is -2.30. The van der Waals surface area contributed by atoms with Gasteiger partial charge in [-0.2, -0.15) is 0 Å². The first-order chi connectivity index (χ1) is 21.9. The van der Waals surface area contributed by atoms with Crippen molar-refractivity contribution < 1.29 is 19.1 Å². The van der Waals surface area contributed by atoms with Gasteiger partial charge in [-0.15, -0.1) is 0 Å². The third kappa shape index (κ3) is 35.6. The second-order valence-corrected chi connectivity index (χ2v) is 14.6. The van der Waals surface area contributed by atoms with E-state index in [1.807, 2.05) is 13.8 Å². The SMILES string of the molecule is CCCCCCCCCCCCCCCCCC(=O)OCCC(C)(C)OC(=O)CCCCCCCCCCCCCCCCC. The zero-order valence-corrected chi connectivity index (χ0v) is 31.2. The molecule has 0 heterocycles. The molecule has 4 heteroatoms. The fourth-order valence-electron chi connectivity index (χ4n) is 6.17. The van der Waals surface area contributed by atoms with Crippen LogP contribution in [0.5, 0.6) is 0 Å². The van der Waals surface area contributed by atoms with Gasteiger partial charge in [-0.25, -0.2) is 0 Å². The molecule has 0 radical (unpaired) electrons. The fourth-order valence-corrected chi connectivity index (χ4v) is 6.17. The summed E-state index contributed by atoms with van der Waals surface area (Å²) < 4.78 is 11.1. The van der Waals surface area contributed by atoms with Crippen molar-refractivity contribution in [1.82, 2.24) is 0 Å². The molecule has 0 N–H and O–H groups in total. The Bertz CT molecular complexity index is 629. The predicted molar refractivity (Wildman–Crippen MR) is 195 cm³/mol. The Kier molecular flexibility index (Phi) is 33.5. The van der Waals surface area contributed by atoms with Gasteiger partial charge in [0.2, 0.25) is 0 Å². The molecular formula is C41H80O4. The van der Waals surface area contributed by atoms with E-state index in [1.165, 1.54) is 167 Å². The molecule has 0 aromatic carbocycles. The lowest BCUT2D eigenvalue weighted by Gasteiger charge is -2.25. The van der Waals surface area contributed by atoms with Gasteiger partial charge in [-0.3, -0.25) is 9.59 Å². The molecule has 0 aromatic heterocycles. The summed E-state index contributed by atoms with van der Waals surface area (Å²) in [6.07, 6.45) is 41.1. The molecule has 0 saturated heterocycles. The van der Waals surface area contributed by atoms with Gasteiger partial charge in [-0.1, -0.05) is 194 Å². The molecule has 268 valence electrons. The van der Waals surface area contributed by atoms with Crippen molar-refractivity contribution in [2.45, 2.75) is 245 Å². The van der Waals surface area contributed by atoms with Gasteiger partial charge in [0.05, 0.1) is 6.61 Å². The molecule has 0 bridgehead atoms. The Morgan fingerprint density at radius 1 is 0.400 bits per heavy atom. The van der Waals surface area contributed by atoms with E-state index < -0.39 is 5.60 Å².